The average molecular weight is 148 g/mol. The van der Waals surface area contributed by atoms with Crippen molar-refractivity contribution in [2.24, 2.45) is 0 Å². The largest absolute Gasteiger partial charge is 0.345 e. The Morgan fingerprint density at radius 3 is 2.45 bits per heavy atom. The van der Waals surface area contributed by atoms with Gasteiger partial charge in [0.25, 0.3) is 0 Å². The van der Waals surface area contributed by atoms with Crippen LogP contribution < -0.4 is 5.32 Å². The Hall–Kier alpha value is -1.08. The lowest BCUT2D eigenvalue weighted by molar-refractivity contribution is -0.643. The third-order valence-electron chi connectivity index (χ3n) is 1.66. The summed E-state index contributed by atoms with van der Waals surface area (Å²) in [6, 6.07) is 8.45. The molecule has 0 aliphatic rings. The number of hydrogen-bond acceptors (Lipinski definition) is 0. The summed E-state index contributed by atoms with van der Waals surface area (Å²) in [5, 5.41) is 2.16. The van der Waals surface area contributed by atoms with E-state index in [4.69, 9.17) is 0 Å². The first kappa shape index (κ1) is 8.02. The first-order valence-corrected chi connectivity index (χ1v) is 3.86. The molecule has 0 aliphatic heterocycles. The zero-order valence-electron chi connectivity index (χ0n) is 6.88. The van der Waals surface area contributed by atoms with E-state index >= 15 is 0 Å². The number of rotatable bonds is 3. The summed E-state index contributed by atoms with van der Waals surface area (Å²) in [5.74, 6) is 0. The lowest BCUT2D eigenvalue weighted by Crippen LogP contribution is -2.77. The maximum absolute atomic E-state index is 3.70. The van der Waals surface area contributed by atoms with Gasteiger partial charge in [0.15, 0.2) is 0 Å². The molecule has 0 spiro atoms. The predicted molar refractivity (Wildman–Crippen MR) is 48.1 cm³/mol. The van der Waals surface area contributed by atoms with E-state index in [9.17, 15) is 0 Å². The lowest BCUT2D eigenvalue weighted by atomic mass is 10.1. The van der Waals surface area contributed by atoms with Crippen LogP contribution in [0.3, 0.4) is 0 Å². The van der Waals surface area contributed by atoms with E-state index in [0.29, 0.717) is 0 Å². The number of nitrogens with two attached hydrogens (primary N) is 1. The van der Waals surface area contributed by atoms with Gasteiger partial charge in [0.1, 0.15) is 6.54 Å². The zero-order chi connectivity index (χ0) is 8.10. The minimum absolute atomic E-state index is 1.05. The van der Waals surface area contributed by atoms with Gasteiger partial charge in [0.2, 0.25) is 0 Å². The minimum atomic E-state index is 1.05. The summed E-state index contributed by atoms with van der Waals surface area (Å²) in [4.78, 5) is 0. The Bertz CT molecular complexity index is 223. The predicted octanol–water partition coefficient (Wildman–Crippen LogP) is 1.02. The summed E-state index contributed by atoms with van der Waals surface area (Å²) in [7, 11) is 2.07. The first-order valence-electron chi connectivity index (χ1n) is 3.86. The molecule has 0 saturated heterocycles. The molecule has 0 heterocycles. The SMILES string of the molecule is C=Cc1ccc(C[NH2+]C)cc1. The molecule has 58 valence electrons. The van der Waals surface area contributed by atoms with Crippen LogP contribution in [-0.4, -0.2) is 7.05 Å². The molecule has 0 bridgehead atoms. The second-order valence-electron chi connectivity index (χ2n) is 2.56. The topological polar surface area (TPSA) is 16.6 Å². The van der Waals surface area contributed by atoms with Crippen LogP contribution in [-0.2, 0) is 6.54 Å². The minimum Gasteiger partial charge on any atom is -0.345 e. The Labute approximate surface area is 67.8 Å². The van der Waals surface area contributed by atoms with Gasteiger partial charge in [-0.15, -0.1) is 0 Å². The number of hydrogen-bond donors (Lipinski definition) is 1. The summed E-state index contributed by atoms with van der Waals surface area (Å²) in [6.45, 7) is 4.75. The van der Waals surface area contributed by atoms with E-state index in [2.05, 4.69) is 43.2 Å². The summed E-state index contributed by atoms with van der Waals surface area (Å²) < 4.78 is 0. The standard InChI is InChI=1S/C10H13N/c1-3-9-4-6-10(7-5-9)8-11-2/h3-7,11H,1,8H2,2H3/p+1. The summed E-state index contributed by atoms with van der Waals surface area (Å²) >= 11 is 0. The molecule has 0 radical (unpaired) electrons. The third kappa shape index (κ3) is 2.20. The number of benzene rings is 1. The molecule has 0 amide bonds. The molecule has 11 heavy (non-hydrogen) atoms. The average Bonchev–Trinajstić information content (AvgIpc) is 2.07. The maximum Gasteiger partial charge on any atom is 0.101 e. The van der Waals surface area contributed by atoms with E-state index in [-0.39, 0.29) is 0 Å². The molecule has 1 aromatic carbocycles. The van der Waals surface area contributed by atoms with Crippen LogP contribution in [0, 0.1) is 0 Å². The van der Waals surface area contributed by atoms with Crippen LogP contribution in [0.2, 0.25) is 0 Å². The van der Waals surface area contributed by atoms with Crippen molar-refractivity contribution in [2.75, 3.05) is 7.05 Å². The molecular weight excluding hydrogens is 134 g/mol. The Morgan fingerprint density at radius 2 is 2.00 bits per heavy atom. The number of quaternary nitrogens is 1. The molecule has 1 aromatic rings. The highest BCUT2D eigenvalue weighted by molar-refractivity contribution is 5.46. The van der Waals surface area contributed by atoms with E-state index in [1.54, 1.807) is 0 Å². The summed E-state index contributed by atoms with van der Waals surface area (Å²) in [6.07, 6.45) is 1.86. The molecular formula is C10H14N+. The quantitative estimate of drug-likeness (QED) is 0.659. The Kier molecular flexibility index (Phi) is 2.87. The highest BCUT2D eigenvalue weighted by Gasteiger charge is 1.90. The fourth-order valence-electron chi connectivity index (χ4n) is 1.03. The van der Waals surface area contributed by atoms with Crippen molar-refractivity contribution in [3.8, 4) is 0 Å². The third-order valence-corrected chi connectivity index (χ3v) is 1.66. The van der Waals surface area contributed by atoms with Gasteiger partial charge >= 0.3 is 0 Å². The highest BCUT2D eigenvalue weighted by Crippen LogP contribution is 2.03. The van der Waals surface area contributed by atoms with Crippen molar-refractivity contribution in [1.29, 1.82) is 0 Å². The van der Waals surface area contributed by atoms with E-state index in [0.717, 1.165) is 6.54 Å². The molecule has 0 aromatic heterocycles. The van der Waals surface area contributed by atoms with Gasteiger partial charge in [-0.2, -0.15) is 0 Å². The second kappa shape index (κ2) is 3.94. The van der Waals surface area contributed by atoms with Crippen LogP contribution >= 0.6 is 0 Å². The van der Waals surface area contributed by atoms with Crippen molar-refractivity contribution < 1.29 is 5.32 Å². The Morgan fingerprint density at radius 1 is 1.36 bits per heavy atom. The van der Waals surface area contributed by atoms with Crippen LogP contribution in [0.4, 0.5) is 0 Å². The van der Waals surface area contributed by atoms with Gasteiger partial charge in [-0.3, -0.25) is 0 Å². The van der Waals surface area contributed by atoms with Crippen molar-refractivity contribution in [3.05, 3.63) is 42.0 Å². The second-order valence-corrected chi connectivity index (χ2v) is 2.56. The smallest absolute Gasteiger partial charge is 0.101 e. The van der Waals surface area contributed by atoms with Crippen molar-refractivity contribution in [1.82, 2.24) is 0 Å². The molecule has 0 unspecified atom stereocenters. The fraction of sp³-hybridized carbons (Fsp3) is 0.200. The van der Waals surface area contributed by atoms with Gasteiger partial charge < -0.3 is 5.32 Å². The Balaban J connectivity index is 2.74. The monoisotopic (exact) mass is 148 g/mol. The normalized spacial score (nSPS) is 9.55. The molecule has 1 nitrogen and oxygen atoms in total. The molecule has 1 heteroatoms. The zero-order valence-corrected chi connectivity index (χ0v) is 6.88. The van der Waals surface area contributed by atoms with Gasteiger partial charge in [-0.25, -0.2) is 0 Å². The lowest BCUT2D eigenvalue weighted by Gasteiger charge is -1.97. The van der Waals surface area contributed by atoms with E-state index in [1.165, 1.54) is 11.1 Å². The highest BCUT2D eigenvalue weighted by atomic mass is 14.8. The van der Waals surface area contributed by atoms with E-state index < -0.39 is 0 Å². The van der Waals surface area contributed by atoms with Gasteiger partial charge in [0.05, 0.1) is 7.05 Å². The van der Waals surface area contributed by atoms with Gasteiger partial charge in [-0.05, 0) is 5.56 Å². The molecule has 0 aliphatic carbocycles. The molecule has 0 saturated carbocycles. The molecule has 0 fully saturated rings. The van der Waals surface area contributed by atoms with Gasteiger partial charge in [-0.1, -0.05) is 36.9 Å². The molecule has 2 N–H and O–H groups in total. The van der Waals surface area contributed by atoms with Crippen molar-refractivity contribution in [3.63, 3.8) is 0 Å². The molecule has 1 rings (SSSR count). The van der Waals surface area contributed by atoms with Crippen LogP contribution in [0.5, 0.6) is 0 Å². The first-order chi connectivity index (χ1) is 5.36. The van der Waals surface area contributed by atoms with Gasteiger partial charge in [0, 0.05) is 5.56 Å². The van der Waals surface area contributed by atoms with Crippen LogP contribution in [0.1, 0.15) is 11.1 Å². The van der Waals surface area contributed by atoms with Crippen LogP contribution in [0.25, 0.3) is 6.08 Å². The fourth-order valence-corrected chi connectivity index (χ4v) is 1.03. The van der Waals surface area contributed by atoms with Crippen molar-refractivity contribution in [2.45, 2.75) is 6.54 Å². The van der Waals surface area contributed by atoms with E-state index in [1.807, 2.05) is 6.08 Å². The maximum atomic E-state index is 3.70. The van der Waals surface area contributed by atoms with Crippen molar-refractivity contribution >= 4 is 6.08 Å². The molecule has 0 atom stereocenters. The van der Waals surface area contributed by atoms with Crippen LogP contribution in [0.15, 0.2) is 30.8 Å². The summed E-state index contributed by atoms with van der Waals surface area (Å²) in [5.41, 5.74) is 2.54.